The van der Waals surface area contributed by atoms with E-state index in [1.54, 1.807) is 48.5 Å². The number of likely N-dealkylation sites (tertiary alicyclic amines) is 1. The molecule has 1 fully saturated rings. The number of aryl methyl sites for hydroxylation is 1. The summed E-state index contributed by atoms with van der Waals surface area (Å²) in [7, 11) is -2.12. The van der Waals surface area contributed by atoms with Crippen molar-refractivity contribution in [2.24, 2.45) is 5.92 Å². The van der Waals surface area contributed by atoms with Gasteiger partial charge in [-0.25, -0.2) is 8.42 Å². The predicted molar refractivity (Wildman–Crippen MR) is 125 cm³/mol. The van der Waals surface area contributed by atoms with Crippen LogP contribution in [0.4, 0.5) is 5.69 Å². The van der Waals surface area contributed by atoms with Crippen LogP contribution in [0, 0.1) is 12.8 Å². The lowest BCUT2D eigenvalue weighted by molar-refractivity contribution is 0.0950. The van der Waals surface area contributed by atoms with Crippen LogP contribution in [0.3, 0.4) is 0 Å². The van der Waals surface area contributed by atoms with Gasteiger partial charge in [0.1, 0.15) is 0 Å². The van der Waals surface area contributed by atoms with Gasteiger partial charge in [-0.2, -0.15) is 0 Å². The summed E-state index contributed by atoms with van der Waals surface area (Å²) in [6.07, 6.45) is 3.49. The fraction of sp³-hybridized carbons (Fsp3) is 0.458. The molecule has 1 unspecified atom stereocenters. The number of piperidine rings is 1. The predicted octanol–water partition coefficient (Wildman–Crippen LogP) is 3.67. The molecule has 2 aromatic carbocycles. The number of amides is 1. The van der Waals surface area contributed by atoms with Gasteiger partial charge in [0.15, 0.2) is 0 Å². The van der Waals surface area contributed by atoms with Crippen molar-refractivity contribution in [1.29, 1.82) is 0 Å². The first kappa shape index (κ1) is 23.3. The summed E-state index contributed by atoms with van der Waals surface area (Å²) in [5.74, 6) is 0.629. The van der Waals surface area contributed by atoms with E-state index < -0.39 is 10.0 Å². The van der Waals surface area contributed by atoms with Gasteiger partial charge in [-0.05, 0) is 81.1 Å². The number of carbonyl (C=O) groups excluding carboxylic acids is 1. The van der Waals surface area contributed by atoms with Crippen LogP contribution in [0.25, 0.3) is 0 Å². The van der Waals surface area contributed by atoms with Crippen molar-refractivity contribution in [2.45, 2.75) is 38.0 Å². The van der Waals surface area contributed by atoms with Gasteiger partial charge in [0, 0.05) is 25.7 Å². The molecule has 7 heteroatoms. The van der Waals surface area contributed by atoms with Crippen molar-refractivity contribution in [3.63, 3.8) is 0 Å². The third kappa shape index (κ3) is 5.86. The van der Waals surface area contributed by atoms with Gasteiger partial charge in [0.05, 0.1) is 10.6 Å². The van der Waals surface area contributed by atoms with Gasteiger partial charge in [-0.1, -0.05) is 25.1 Å². The molecule has 1 N–H and O–H groups in total. The molecule has 1 aliphatic heterocycles. The first-order valence-electron chi connectivity index (χ1n) is 10.9. The molecular weight excluding hydrogens is 410 g/mol. The highest BCUT2D eigenvalue weighted by molar-refractivity contribution is 7.92. The summed E-state index contributed by atoms with van der Waals surface area (Å²) in [6.45, 7) is 8.05. The van der Waals surface area contributed by atoms with Crippen molar-refractivity contribution in [1.82, 2.24) is 10.2 Å². The van der Waals surface area contributed by atoms with E-state index in [2.05, 4.69) is 17.1 Å². The van der Waals surface area contributed by atoms with Crippen LogP contribution < -0.4 is 9.62 Å². The first-order valence-corrected chi connectivity index (χ1v) is 12.4. The molecule has 0 aromatic heterocycles. The zero-order valence-corrected chi connectivity index (χ0v) is 19.5. The van der Waals surface area contributed by atoms with Crippen LogP contribution in [-0.4, -0.2) is 52.5 Å². The summed E-state index contributed by atoms with van der Waals surface area (Å²) in [5, 5.41) is 2.98. The smallest absolute Gasteiger partial charge is 0.264 e. The maximum Gasteiger partial charge on any atom is 0.264 e. The Bertz CT molecular complexity index is 992. The number of hydrogen-bond acceptors (Lipinski definition) is 4. The fourth-order valence-electron chi connectivity index (χ4n) is 4.13. The zero-order valence-electron chi connectivity index (χ0n) is 18.7. The van der Waals surface area contributed by atoms with E-state index in [1.807, 2.05) is 6.92 Å². The summed E-state index contributed by atoms with van der Waals surface area (Å²) >= 11 is 0. The molecule has 0 bridgehead atoms. The molecule has 31 heavy (non-hydrogen) atoms. The summed E-state index contributed by atoms with van der Waals surface area (Å²) in [6, 6.07) is 13.5. The Morgan fingerprint density at radius 3 is 2.61 bits per heavy atom. The van der Waals surface area contributed by atoms with Crippen LogP contribution >= 0.6 is 0 Å². The summed E-state index contributed by atoms with van der Waals surface area (Å²) < 4.78 is 27.0. The molecule has 1 atom stereocenters. The molecule has 3 rings (SSSR count). The molecule has 1 amide bonds. The third-order valence-corrected chi connectivity index (χ3v) is 7.66. The highest BCUT2D eigenvalue weighted by Crippen LogP contribution is 2.26. The van der Waals surface area contributed by atoms with Gasteiger partial charge in [-0.3, -0.25) is 9.10 Å². The van der Waals surface area contributed by atoms with E-state index in [9.17, 15) is 13.2 Å². The number of carbonyl (C=O) groups is 1. The molecule has 1 heterocycles. The molecule has 1 saturated heterocycles. The minimum absolute atomic E-state index is 0.129. The lowest BCUT2D eigenvalue weighted by atomic mass is 10.0. The standard InChI is InChI=1S/C24H33N3O3S/c1-19-9-7-15-27(18-19)16-8-14-25-24(28)21-12-13-23(20(2)17-21)26(3)31(29,30)22-10-5-4-6-11-22/h4-6,10-13,17,19H,7-9,14-16,18H2,1-3H3,(H,25,28). The highest BCUT2D eigenvalue weighted by Gasteiger charge is 2.22. The number of nitrogens with zero attached hydrogens (tertiary/aromatic N) is 2. The van der Waals surface area contributed by atoms with Crippen LogP contribution in [-0.2, 0) is 10.0 Å². The maximum absolute atomic E-state index is 12.9. The highest BCUT2D eigenvalue weighted by atomic mass is 32.2. The fourth-order valence-corrected chi connectivity index (χ4v) is 5.41. The summed E-state index contributed by atoms with van der Waals surface area (Å²) in [5.41, 5.74) is 1.83. The topological polar surface area (TPSA) is 69.7 Å². The number of nitrogens with one attached hydrogen (secondary N) is 1. The van der Waals surface area contributed by atoms with Crippen LogP contribution in [0.1, 0.15) is 42.1 Å². The molecule has 1 aliphatic rings. The monoisotopic (exact) mass is 443 g/mol. The van der Waals surface area contributed by atoms with Crippen LogP contribution in [0.2, 0.25) is 0 Å². The minimum atomic E-state index is -3.65. The molecule has 0 aliphatic carbocycles. The second-order valence-corrected chi connectivity index (χ2v) is 10.4. The lowest BCUT2D eigenvalue weighted by Crippen LogP contribution is -2.36. The third-order valence-electron chi connectivity index (χ3n) is 5.88. The Morgan fingerprint density at radius 1 is 1.19 bits per heavy atom. The van der Waals surface area contributed by atoms with Crippen molar-refractivity contribution in [3.8, 4) is 0 Å². The largest absolute Gasteiger partial charge is 0.352 e. The minimum Gasteiger partial charge on any atom is -0.352 e. The van der Waals surface area contributed by atoms with Gasteiger partial charge in [-0.15, -0.1) is 0 Å². The molecular formula is C24H33N3O3S. The average molecular weight is 444 g/mol. The van der Waals surface area contributed by atoms with Gasteiger partial charge in [0.25, 0.3) is 15.9 Å². The second kappa shape index (κ2) is 10.3. The Labute approximate surface area is 186 Å². The molecule has 0 spiro atoms. The molecule has 2 aromatic rings. The average Bonchev–Trinajstić information content (AvgIpc) is 2.76. The number of hydrogen-bond donors (Lipinski definition) is 1. The SMILES string of the molecule is Cc1cc(C(=O)NCCCN2CCCC(C)C2)ccc1N(C)S(=O)(=O)c1ccccc1. The Balaban J connectivity index is 1.57. The van der Waals surface area contributed by atoms with Gasteiger partial charge in [0.2, 0.25) is 0 Å². The van der Waals surface area contributed by atoms with E-state index in [-0.39, 0.29) is 10.8 Å². The molecule has 0 saturated carbocycles. The quantitative estimate of drug-likeness (QED) is 0.632. The van der Waals surface area contributed by atoms with E-state index in [0.717, 1.165) is 37.5 Å². The first-order chi connectivity index (χ1) is 14.8. The van der Waals surface area contributed by atoms with Gasteiger partial charge >= 0.3 is 0 Å². The molecule has 6 nitrogen and oxygen atoms in total. The normalized spacial score (nSPS) is 17.3. The van der Waals surface area contributed by atoms with E-state index in [4.69, 9.17) is 0 Å². The van der Waals surface area contributed by atoms with Crippen molar-refractivity contribution < 1.29 is 13.2 Å². The Kier molecular flexibility index (Phi) is 7.73. The van der Waals surface area contributed by atoms with E-state index in [0.29, 0.717) is 17.8 Å². The zero-order chi connectivity index (χ0) is 22.4. The Morgan fingerprint density at radius 2 is 1.94 bits per heavy atom. The number of benzene rings is 2. The maximum atomic E-state index is 12.9. The Hall–Kier alpha value is -2.38. The van der Waals surface area contributed by atoms with Crippen LogP contribution in [0.15, 0.2) is 53.4 Å². The number of sulfonamides is 1. The second-order valence-electron chi connectivity index (χ2n) is 8.44. The van der Waals surface area contributed by atoms with E-state index in [1.165, 1.54) is 24.2 Å². The van der Waals surface area contributed by atoms with Crippen molar-refractivity contribution in [2.75, 3.05) is 37.5 Å². The van der Waals surface area contributed by atoms with Crippen molar-refractivity contribution in [3.05, 3.63) is 59.7 Å². The molecule has 0 radical (unpaired) electrons. The van der Waals surface area contributed by atoms with Crippen molar-refractivity contribution >= 4 is 21.6 Å². The summed E-state index contributed by atoms with van der Waals surface area (Å²) in [4.78, 5) is 15.3. The van der Waals surface area contributed by atoms with Gasteiger partial charge < -0.3 is 10.2 Å². The number of rotatable bonds is 8. The van der Waals surface area contributed by atoms with E-state index >= 15 is 0 Å². The van der Waals surface area contributed by atoms with Crippen LogP contribution in [0.5, 0.6) is 0 Å². The number of anilines is 1. The molecule has 168 valence electrons. The lowest BCUT2D eigenvalue weighted by Gasteiger charge is -2.30.